The summed E-state index contributed by atoms with van der Waals surface area (Å²) in [7, 11) is 0. The van der Waals surface area contributed by atoms with Crippen molar-refractivity contribution in [2.24, 2.45) is 11.7 Å². The molecule has 0 amide bonds. The van der Waals surface area contributed by atoms with Crippen molar-refractivity contribution >= 4 is 21.6 Å². The van der Waals surface area contributed by atoms with Crippen molar-refractivity contribution in [2.75, 3.05) is 11.4 Å². The fourth-order valence-electron chi connectivity index (χ4n) is 3.79. The highest BCUT2D eigenvalue weighted by molar-refractivity contribution is 9.10. The van der Waals surface area contributed by atoms with Crippen molar-refractivity contribution in [3.05, 3.63) is 28.2 Å². The molecule has 1 heterocycles. The van der Waals surface area contributed by atoms with Crippen LogP contribution in [0.5, 0.6) is 0 Å². The molecule has 104 valence electrons. The molecule has 1 aromatic carbocycles. The molecule has 3 atom stereocenters. The molecule has 3 rings (SSSR count). The molecule has 2 N–H and O–H groups in total. The van der Waals surface area contributed by atoms with Crippen LogP contribution >= 0.6 is 15.9 Å². The number of anilines is 1. The molecule has 0 radical (unpaired) electrons. The van der Waals surface area contributed by atoms with Gasteiger partial charge in [-0.25, -0.2) is 0 Å². The first-order chi connectivity index (χ1) is 9.16. The van der Waals surface area contributed by atoms with Crippen LogP contribution in [0.4, 0.5) is 5.69 Å². The zero-order valence-corrected chi connectivity index (χ0v) is 13.2. The van der Waals surface area contributed by atoms with E-state index in [0.29, 0.717) is 0 Å². The van der Waals surface area contributed by atoms with E-state index >= 15 is 0 Å². The summed E-state index contributed by atoms with van der Waals surface area (Å²) in [6.07, 6.45) is 7.01. The first kappa shape index (κ1) is 13.4. The van der Waals surface area contributed by atoms with Gasteiger partial charge in [0.2, 0.25) is 0 Å². The third-order valence-electron chi connectivity index (χ3n) is 4.82. The number of nitrogens with two attached hydrogens (primary N) is 1. The van der Waals surface area contributed by atoms with Crippen LogP contribution in [0.15, 0.2) is 22.7 Å². The molecule has 2 nitrogen and oxygen atoms in total. The Balaban J connectivity index is 1.84. The maximum atomic E-state index is 5.98. The second-order valence-electron chi connectivity index (χ2n) is 6.09. The number of fused-ring (bicyclic) bond motifs is 1. The average molecular weight is 323 g/mol. The first-order valence-electron chi connectivity index (χ1n) is 7.48. The lowest BCUT2D eigenvalue weighted by Crippen LogP contribution is -2.34. The van der Waals surface area contributed by atoms with Gasteiger partial charge in [0, 0.05) is 28.8 Å². The number of rotatable bonds is 2. The lowest BCUT2D eigenvalue weighted by molar-refractivity contribution is 0.342. The van der Waals surface area contributed by atoms with Crippen LogP contribution in [0.1, 0.15) is 50.6 Å². The Bertz CT molecular complexity index is 458. The number of halogens is 1. The monoisotopic (exact) mass is 322 g/mol. The normalized spacial score (nSPS) is 28.3. The van der Waals surface area contributed by atoms with Gasteiger partial charge >= 0.3 is 0 Å². The standard InChI is InChI=1S/C16H23BrN2/c1-11(18)14-7-6-13(10-15(14)17)19-9-8-12-4-2-3-5-16(12)19/h6-7,10-12,16H,2-5,8-9,18H2,1H3/t11-,12?,16?/m1/s1. The van der Waals surface area contributed by atoms with Gasteiger partial charge in [0.05, 0.1) is 0 Å². The van der Waals surface area contributed by atoms with Gasteiger partial charge in [0.1, 0.15) is 0 Å². The Morgan fingerprint density at radius 2 is 2.05 bits per heavy atom. The molecule has 0 spiro atoms. The predicted molar refractivity (Wildman–Crippen MR) is 84.5 cm³/mol. The maximum absolute atomic E-state index is 5.98. The number of nitrogens with zero attached hydrogens (tertiary/aromatic N) is 1. The third-order valence-corrected chi connectivity index (χ3v) is 5.50. The Morgan fingerprint density at radius 3 is 2.79 bits per heavy atom. The molecule has 1 aliphatic carbocycles. The third kappa shape index (κ3) is 2.55. The molecule has 1 aliphatic heterocycles. The molecule has 1 saturated heterocycles. The fourth-order valence-corrected chi connectivity index (χ4v) is 4.52. The zero-order chi connectivity index (χ0) is 13.4. The minimum Gasteiger partial charge on any atom is -0.368 e. The molecule has 0 bridgehead atoms. The van der Waals surface area contributed by atoms with Crippen LogP contribution < -0.4 is 10.6 Å². The van der Waals surface area contributed by atoms with Crippen molar-refractivity contribution in [3.8, 4) is 0 Å². The quantitative estimate of drug-likeness (QED) is 0.882. The van der Waals surface area contributed by atoms with E-state index in [4.69, 9.17) is 5.73 Å². The molecular formula is C16H23BrN2. The summed E-state index contributed by atoms with van der Waals surface area (Å²) in [6, 6.07) is 7.56. The average Bonchev–Trinajstić information content (AvgIpc) is 2.82. The molecule has 0 aromatic heterocycles. The number of benzene rings is 1. The van der Waals surface area contributed by atoms with E-state index in [9.17, 15) is 0 Å². The van der Waals surface area contributed by atoms with Gasteiger partial charge in [-0.2, -0.15) is 0 Å². The lowest BCUT2D eigenvalue weighted by Gasteiger charge is -2.33. The van der Waals surface area contributed by atoms with E-state index in [0.717, 1.165) is 16.4 Å². The Labute approximate surface area is 124 Å². The van der Waals surface area contributed by atoms with Gasteiger partial charge in [-0.15, -0.1) is 0 Å². The predicted octanol–water partition coefficient (Wildman–Crippen LogP) is 4.24. The van der Waals surface area contributed by atoms with Gasteiger partial charge in [-0.1, -0.05) is 34.8 Å². The summed E-state index contributed by atoms with van der Waals surface area (Å²) >= 11 is 3.68. The first-order valence-corrected chi connectivity index (χ1v) is 8.28. The van der Waals surface area contributed by atoms with E-state index in [1.54, 1.807) is 0 Å². The summed E-state index contributed by atoms with van der Waals surface area (Å²) in [5.41, 5.74) is 8.54. The van der Waals surface area contributed by atoms with Crippen molar-refractivity contribution in [2.45, 2.75) is 51.1 Å². The molecule has 3 heteroatoms. The van der Waals surface area contributed by atoms with Gasteiger partial charge < -0.3 is 10.6 Å². The minimum absolute atomic E-state index is 0.0874. The SMILES string of the molecule is C[C@@H](N)c1ccc(N2CCC3CCCCC32)cc1Br. The van der Waals surface area contributed by atoms with Crippen LogP contribution in [-0.2, 0) is 0 Å². The molecule has 19 heavy (non-hydrogen) atoms. The van der Waals surface area contributed by atoms with E-state index in [1.165, 1.54) is 49.9 Å². The van der Waals surface area contributed by atoms with Crippen LogP contribution in [0.2, 0.25) is 0 Å². The van der Waals surface area contributed by atoms with Gasteiger partial charge in [-0.3, -0.25) is 0 Å². The second-order valence-corrected chi connectivity index (χ2v) is 6.94. The second kappa shape index (κ2) is 5.45. The highest BCUT2D eigenvalue weighted by atomic mass is 79.9. The van der Waals surface area contributed by atoms with Gasteiger partial charge in [0.15, 0.2) is 0 Å². The van der Waals surface area contributed by atoms with Crippen LogP contribution in [0.3, 0.4) is 0 Å². The lowest BCUT2D eigenvalue weighted by atomic mass is 9.85. The van der Waals surface area contributed by atoms with Gasteiger partial charge in [-0.05, 0) is 49.8 Å². The smallest absolute Gasteiger partial charge is 0.0380 e. The molecule has 2 aliphatic rings. The zero-order valence-electron chi connectivity index (χ0n) is 11.6. The van der Waals surface area contributed by atoms with Gasteiger partial charge in [0.25, 0.3) is 0 Å². The fraction of sp³-hybridized carbons (Fsp3) is 0.625. The van der Waals surface area contributed by atoms with E-state index in [2.05, 4.69) is 39.0 Å². The molecule has 2 unspecified atom stereocenters. The molecule has 2 fully saturated rings. The van der Waals surface area contributed by atoms with Crippen molar-refractivity contribution < 1.29 is 0 Å². The van der Waals surface area contributed by atoms with Crippen LogP contribution in [-0.4, -0.2) is 12.6 Å². The van der Waals surface area contributed by atoms with Crippen molar-refractivity contribution in [1.82, 2.24) is 0 Å². The molecular weight excluding hydrogens is 300 g/mol. The van der Waals surface area contributed by atoms with E-state index < -0.39 is 0 Å². The Kier molecular flexibility index (Phi) is 3.86. The topological polar surface area (TPSA) is 29.3 Å². The molecule has 1 aromatic rings. The van der Waals surface area contributed by atoms with Crippen molar-refractivity contribution in [1.29, 1.82) is 0 Å². The summed E-state index contributed by atoms with van der Waals surface area (Å²) in [6.45, 7) is 3.26. The van der Waals surface area contributed by atoms with Crippen LogP contribution in [0.25, 0.3) is 0 Å². The summed E-state index contributed by atoms with van der Waals surface area (Å²) in [4.78, 5) is 2.62. The van der Waals surface area contributed by atoms with Crippen LogP contribution in [0, 0.1) is 5.92 Å². The van der Waals surface area contributed by atoms with Crippen molar-refractivity contribution in [3.63, 3.8) is 0 Å². The highest BCUT2D eigenvalue weighted by Crippen LogP contribution is 2.40. The highest BCUT2D eigenvalue weighted by Gasteiger charge is 2.35. The summed E-state index contributed by atoms with van der Waals surface area (Å²) in [5, 5.41) is 0. The largest absolute Gasteiger partial charge is 0.368 e. The summed E-state index contributed by atoms with van der Waals surface area (Å²) < 4.78 is 1.15. The minimum atomic E-state index is 0.0874. The van der Waals surface area contributed by atoms with E-state index in [1.807, 2.05) is 6.92 Å². The number of hydrogen-bond donors (Lipinski definition) is 1. The Morgan fingerprint density at radius 1 is 1.26 bits per heavy atom. The van der Waals surface area contributed by atoms with E-state index in [-0.39, 0.29) is 6.04 Å². The maximum Gasteiger partial charge on any atom is 0.0380 e. The molecule has 1 saturated carbocycles. The Hall–Kier alpha value is -0.540. The summed E-state index contributed by atoms with van der Waals surface area (Å²) in [5.74, 6) is 0.931. The number of hydrogen-bond acceptors (Lipinski definition) is 2.